The number of carbonyl (C=O) groups is 1. The number of thioether (sulfide) groups is 1. The first kappa shape index (κ1) is 12.4. The van der Waals surface area contributed by atoms with Gasteiger partial charge in [0.1, 0.15) is 5.82 Å². The summed E-state index contributed by atoms with van der Waals surface area (Å²) in [6.45, 7) is 4.83. The Bertz CT molecular complexity index is 399. The van der Waals surface area contributed by atoms with Crippen LogP contribution in [0.15, 0.2) is 0 Å². The Morgan fingerprint density at radius 1 is 1.59 bits per heavy atom. The van der Waals surface area contributed by atoms with Crippen LogP contribution in [0.25, 0.3) is 0 Å². The number of ether oxygens (including phenoxy) is 1. The van der Waals surface area contributed by atoms with Crippen LogP contribution in [0.1, 0.15) is 36.2 Å². The Hall–Kier alpha value is -1.04. The van der Waals surface area contributed by atoms with Gasteiger partial charge in [-0.05, 0) is 32.4 Å². The Morgan fingerprint density at radius 2 is 2.41 bits per heavy atom. The molecule has 1 fully saturated rings. The lowest BCUT2D eigenvalue weighted by Gasteiger charge is -2.12. The number of hydrogen-bond donors (Lipinski definition) is 0. The van der Waals surface area contributed by atoms with Crippen LogP contribution in [0, 0.1) is 6.92 Å². The molecule has 94 valence electrons. The van der Waals surface area contributed by atoms with Crippen LogP contribution in [-0.4, -0.2) is 38.3 Å². The van der Waals surface area contributed by atoms with E-state index in [0.29, 0.717) is 17.7 Å². The van der Waals surface area contributed by atoms with Crippen molar-refractivity contribution in [3.8, 4) is 0 Å². The summed E-state index contributed by atoms with van der Waals surface area (Å²) in [4.78, 5) is 11.7. The standard InChI is InChI=1S/C11H17N3O2S/c1-3-16-11(15)10-13-12-8(2)14(10)7-9-5-4-6-17-9/h9H,3-7H2,1-2H3. The second-order valence-corrected chi connectivity index (χ2v) is 5.45. The summed E-state index contributed by atoms with van der Waals surface area (Å²) in [5, 5.41) is 8.44. The molecule has 1 aromatic heterocycles. The summed E-state index contributed by atoms with van der Waals surface area (Å²) in [6, 6.07) is 0. The molecule has 0 aliphatic carbocycles. The quantitative estimate of drug-likeness (QED) is 0.766. The van der Waals surface area contributed by atoms with E-state index in [1.165, 1.54) is 18.6 Å². The van der Waals surface area contributed by atoms with Crippen molar-refractivity contribution in [3.05, 3.63) is 11.6 Å². The predicted molar refractivity (Wildman–Crippen MR) is 66.2 cm³/mol. The molecule has 1 unspecified atom stereocenters. The minimum atomic E-state index is -0.379. The SMILES string of the molecule is CCOC(=O)c1nnc(C)n1CC1CCCS1. The number of aryl methyl sites for hydroxylation is 1. The molecule has 0 N–H and O–H groups in total. The van der Waals surface area contributed by atoms with Crippen molar-refractivity contribution in [1.29, 1.82) is 0 Å². The van der Waals surface area contributed by atoms with Gasteiger partial charge in [-0.1, -0.05) is 0 Å². The molecular formula is C11H17N3O2S. The summed E-state index contributed by atoms with van der Waals surface area (Å²) in [5.74, 6) is 1.94. The molecular weight excluding hydrogens is 238 g/mol. The molecule has 0 amide bonds. The van der Waals surface area contributed by atoms with E-state index in [0.717, 1.165) is 12.4 Å². The Morgan fingerprint density at radius 3 is 3.06 bits per heavy atom. The molecule has 0 saturated carbocycles. The molecule has 2 heterocycles. The van der Waals surface area contributed by atoms with Gasteiger partial charge in [0.2, 0.25) is 5.82 Å². The van der Waals surface area contributed by atoms with E-state index in [-0.39, 0.29) is 5.97 Å². The number of carbonyl (C=O) groups excluding carboxylic acids is 1. The average molecular weight is 255 g/mol. The highest BCUT2D eigenvalue weighted by Crippen LogP contribution is 2.27. The average Bonchev–Trinajstić information content (AvgIpc) is 2.91. The second-order valence-electron chi connectivity index (χ2n) is 4.04. The van der Waals surface area contributed by atoms with Gasteiger partial charge in [-0.15, -0.1) is 10.2 Å². The Balaban J connectivity index is 2.13. The zero-order valence-corrected chi connectivity index (χ0v) is 11.0. The highest BCUT2D eigenvalue weighted by atomic mass is 32.2. The van der Waals surface area contributed by atoms with Crippen molar-refractivity contribution in [1.82, 2.24) is 14.8 Å². The molecule has 1 aliphatic heterocycles. The number of esters is 1. The molecule has 0 bridgehead atoms. The van der Waals surface area contributed by atoms with Gasteiger partial charge in [-0.2, -0.15) is 11.8 Å². The van der Waals surface area contributed by atoms with Gasteiger partial charge in [0.15, 0.2) is 0 Å². The summed E-state index contributed by atoms with van der Waals surface area (Å²) >= 11 is 1.95. The molecule has 0 aromatic carbocycles. The van der Waals surface area contributed by atoms with Crippen LogP contribution >= 0.6 is 11.8 Å². The molecule has 1 saturated heterocycles. The van der Waals surface area contributed by atoms with Crippen molar-refractivity contribution < 1.29 is 9.53 Å². The van der Waals surface area contributed by atoms with Gasteiger partial charge in [-0.3, -0.25) is 0 Å². The van der Waals surface area contributed by atoms with E-state index in [9.17, 15) is 4.79 Å². The summed E-state index contributed by atoms with van der Waals surface area (Å²) in [6.07, 6.45) is 2.45. The lowest BCUT2D eigenvalue weighted by molar-refractivity contribution is 0.0505. The van der Waals surface area contributed by atoms with Crippen LogP contribution in [-0.2, 0) is 11.3 Å². The molecule has 17 heavy (non-hydrogen) atoms. The van der Waals surface area contributed by atoms with Crippen molar-refractivity contribution in [2.24, 2.45) is 0 Å². The lowest BCUT2D eigenvalue weighted by atomic mass is 10.2. The fourth-order valence-corrected chi connectivity index (χ4v) is 3.19. The van der Waals surface area contributed by atoms with Gasteiger partial charge in [0.25, 0.3) is 0 Å². The van der Waals surface area contributed by atoms with Crippen molar-refractivity contribution in [2.75, 3.05) is 12.4 Å². The van der Waals surface area contributed by atoms with Crippen LogP contribution in [0.2, 0.25) is 0 Å². The number of nitrogens with zero attached hydrogens (tertiary/aromatic N) is 3. The molecule has 6 heteroatoms. The number of aromatic nitrogens is 3. The Labute approximate surface area is 105 Å². The number of hydrogen-bond acceptors (Lipinski definition) is 5. The van der Waals surface area contributed by atoms with E-state index in [1.807, 2.05) is 23.3 Å². The minimum Gasteiger partial charge on any atom is -0.460 e. The third kappa shape index (κ3) is 2.80. The van der Waals surface area contributed by atoms with Crippen LogP contribution in [0.5, 0.6) is 0 Å². The molecule has 1 atom stereocenters. The van der Waals surface area contributed by atoms with Crippen LogP contribution < -0.4 is 0 Å². The zero-order chi connectivity index (χ0) is 12.3. The van der Waals surface area contributed by atoms with Gasteiger partial charge in [-0.25, -0.2) is 4.79 Å². The fourth-order valence-electron chi connectivity index (χ4n) is 1.94. The summed E-state index contributed by atoms with van der Waals surface area (Å²) < 4.78 is 6.85. The van der Waals surface area contributed by atoms with Crippen molar-refractivity contribution in [3.63, 3.8) is 0 Å². The maximum absolute atomic E-state index is 11.7. The smallest absolute Gasteiger partial charge is 0.376 e. The zero-order valence-electron chi connectivity index (χ0n) is 10.2. The maximum atomic E-state index is 11.7. The first-order valence-corrected chi connectivity index (χ1v) is 6.95. The molecule has 0 spiro atoms. The number of rotatable bonds is 4. The van der Waals surface area contributed by atoms with Gasteiger partial charge in [0, 0.05) is 11.8 Å². The van der Waals surface area contributed by atoms with Crippen LogP contribution in [0.3, 0.4) is 0 Å². The molecule has 0 radical (unpaired) electrons. The van der Waals surface area contributed by atoms with Gasteiger partial charge in [0.05, 0.1) is 6.61 Å². The van der Waals surface area contributed by atoms with Gasteiger partial charge >= 0.3 is 5.97 Å². The largest absolute Gasteiger partial charge is 0.460 e. The molecule has 2 rings (SSSR count). The van der Waals surface area contributed by atoms with Crippen molar-refractivity contribution in [2.45, 2.75) is 38.5 Å². The minimum absolute atomic E-state index is 0.330. The van der Waals surface area contributed by atoms with E-state index in [4.69, 9.17) is 4.74 Å². The highest BCUT2D eigenvalue weighted by molar-refractivity contribution is 8.00. The third-order valence-electron chi connectivity index (χ3n) is 2.80. The third-order valence-corrected chi connectivity index (χ3v) is 4.18. The van der Waals surface area contributed by atoms with E-state index in [2.05, 4.69) is 10.2 Å². The molecule has 1 aliphatic rings. The summed E-state index contributed by atoms with van der Waals surface area (Å²) in [7, 11) is 0. The highest BCUT2D eigenvalue weighted by Gasteiger charge is 2.22. The lowest BCUT2D eigenvalue weighted by Crippen LogP contribution is -2.19. The molecule has 1 aromatic rings. The van der Waals surface area contributed by atoms with E-state index < -0.39 is 0 Å². The first-order chi connectivity index (χ1) is 8.22. The fraction of sp³-hybridized carbons (Fsp3) is 0.727. The topological polar surface area (TPSA) is 57.0 Å². The first-order valence-electron chi connectivity index (χ1n) is 5.91. The van der Waals surface area contributed by atoms with Gasteiger partial charge < -0.3 is 9.30 Å². The van der Waals surface area contributed by atoms with Crippen LogP contribution in [0.4, 0.5) is 0 Å². The monoisotopic (exact) mass is 255 g/mol. The Kier molecular flexibility index (Phi) is 4.04. The predicted octanol–water partition coefficient (Wildman–Crippen LogP) is 1.66. The summed E-state index contributed by atoms with van der Waals surface area (Å²) in [5.41, 5.74) is 0. The maximum Gasteiger partial charge on any atom is 0.376 e. The normalized spacial score (nSPS) is 19.5. The van der Waals surface area contributed by atoms with Crippen molar-refractivity contribution >= 4 is 17.7 Å². The second kappa shape index (κ2) is 5.53. The van der Waals surface area contributed by atoms with E-state index >= 15 is 0 Å². The van der Waals surface area contributed by atoms with E-state index in [1.54, 1.807) is 6.92 Å². The molecule has 5 nitrogen and oxygen atoms in total.